The lowest BCUT2D eigenvalue weighted by molar-refractivity contribution is -0.898. The number of anilines is 2. The van der Waals surface area contributed by atoms with Crippen LogP contribution in [-0.2, 0) is 4.74 Å². The second kappa shape index (κ2) is 7.73. The first-order valence-corrected chi connectivity index (χ1v) is 8.62. The van der Waals surface area contributed by atoms with Crippen molar-refractivity contribution in [1.82, 2.24) is 0 Å². The summed E-state index contributed by atoms with van der Waals surface area (Å²) in [6, 6.07) is 6.33. The van der Waals surface area contributed by atoms with Crippen molar-refractivity contribution in [3.05, 3.63) is 23.8 Å². The molecule has 2 saturated heterocycles. The van der Waals surface area contributed by atoms with Gasteiger partial charge in [-0.05, 0) is 37.1 Å². The molecule has 0 aliphatic carbocycles. The molecule has 3 rings (SSSR count). The highest BCUT2D eigenvalue weighted by atomic mass is 35.5. The van der Waals surface area contributed by atoms with E-state index < -0.39 is 0 Å². The molecule has 1 aromatic rings. The van der Waals surface area contributed by atoms with Gasteiger partial charge in [-0.25, -0.2) is 0 Å². The summed E-state index contributed by atoms with van der Waals surface area (Å²) in [6.45, 7) is 8.87. The molecule has 2 fully saturated rings. The number of nitrogens with zero attached hydrogens (tertiary/aromatic N) is 2. The molecule has 2 aliphatic rings. The molecule has 0 saturated carbocycles. The summed E-state index contributed by atoms with van der Waals surface area (Å²) in [4.78, 5) is 2.42. The molecule has 5 heteroatoms. The Morgan fingerprint density at radius 1 is 1.30 bits per heavy atom. The Labute approximate surface area is 146 Å². The smallest absolute Gasteiger partial charge is 0.102 e. The standard InChI is InChI=1S/C18H30N3O.ClH/c1-15-13-16(5-6-18(15)19)20-8-7-17(14-20)22-12-11-21(2)9-3-4-10-21;/h5-6,13,17H,3-4,7-12,14,19H2,1-2H3;1H/q+1;/p-1. The van der Waals surface area contributed by atoms with E-state index in [0.29, 0.717) is 6.10 Å². The molecular weight excluding hydrogens is 310 g/mol. The molecule has 130 valence electrons. The molecule has 2 N–H and O–H groups in total. The molecule has 4 nitrogen and oxygen atoms in total. The first-order valence-electron chi connectivity index (χ1n) is 8.62. The van der Waals surface area contributed by atoms with E-state index in [1.54, 1.807) is 0 Å². The Balaban J connectivity index is 0.00000192. The zero-order chi connectivity index (χ0) is 15.6. The van der Waals surface area contributed by atoms with E-state index in [-0.39, 0.29) is 12.4 Å². The largest absolute Gasteiger partial charge is 1.00 e. The predicted molar refractivity (Wildman–Crippen MR) is 92.2 cm³/mol. The number of nitrogen functional groups attached to an aromatic ring is 1. The number of quaternary nitrogens is 1. The van der Waals surface area contributed by atoms with Crippen LogP contribution in [0.15, 0.2) is 18.2 Å². The number of likely N-dealkylation sites (tertiary alicyclic amines) is 1. The van der Waals surface area contributed by atoms with Crippen molar-refractivity contribution in [1.29, 1.82) is 0 Å². The molecule has 0 bridgehead atoms. The van der Waals surface area contributed by atoms with Gasteiger partial charge >= 0.3 is 0 Å². The minimum Gasteiger partial charge on any atom is -1.00 e. The number of likely N-dealkylation sites (N-methyl/N-ethyl adjacent to an activating group) is 1. The van der Waals surface area contributed by atoms with Crippen molar-refractivity contribution in [2.45, 2.75) is 32.3 Å². The summed E-state index contributed by atoms with van der Waals surface area (Å²) in [7, 11) is 2.37. The van der Waals surface area contributed by atoms with Crippen LogP contribution in [0.5, 0.6) is 0 Å². The summed E-state index contributed by atoms with van der Waals surface area (Å²) in [5, 5.41) is 0. The number of nitrogens with two attached hydrogens (primary N) is 1. The average Bonchev–Trinajstić information content (AvgIpc) is 3.12. The van der Waals surface area contributed by atoms with Gasteiger partial charge in [0.2, 0.25) is 0 Å². The van der Waals surface area contributed by atoms with Crippen LogP contribution < -0.4 is 23.0 Å². The van der Waals surface area contributed by atoms with Gasteiger partial charge in [-0.15, -0.1) is 0 Å². The second-order valence-corrected chi connectivity index (χ2v) is 7.27. The van der Waals surface area contributed by atoms with E-state index in [2.05, 4.69) is 31.0 Å². The average molecular weight is 340 g/mol. The van der Waals surface area contributed by atoms with Gasteiger partial charge in [-0.1, -0.05) is 0 Å². The summed E-state index contributed by atoms with van der Waals surface area (Å²) in [5.41, 5.74) is 9.22. The normalized spacial score (nSPS) is 23.0. The molecule has 23 heavy (non-hydrogen) atoms. The minimum atomic E-state index is 0. The fraction of sp³-hybridized carbons (Fsp3) is 0.667. The van der Waals surface area contributed by atoms with Crippen molar-refractivity contribution in [2.75, 3.05) is 57.0 Å². The Hall–Kier alpha value is -0.970. The van der Waals surface area contributed by atoms with Crippen molar-refractivity contribution < 1.29 is 21.6 Å². The third-order valence-electron chi connectivity index (χ3n) is 5.39. The minimum absolute atomic E-state index is 0. The van der Waals surface area contributed by atoms with Gasteiger partial charge in [0.1, 0.15) is 6.54 Å². The quantitative estimate of drug-likeness (QED) is 0.576. The highest BCUT2D eigenvalue weighted by molar-refractivity contribution is 5.58. The van der Waals surface area contributed by atoms with Gasteiger partial charge in [-0.2, -0.15) is 0 Å². The lowest BCUT2D eigenvalue weighted by Crippen LogP contribution is -3.00. The molecule has 2 heterocycles. The lowest BCUT2D eigenvalue weighted by atomic mass is 10.2. The van der Waals surface area contributed by atoms with E-state index in [0.717, 1.165) is 43.9 Å². The summed E-state index contributed by atoms with van der Waals surface area (Å²) < 4.78 is 7.36. The number of hydrogen-bond acceptors (Lipinski definition) is 3. The fourth-order valence-electron chi connectivity index (χ4n) is 3.72. The van der Waals surface area contributed by atoms with Crippen LogP contribution in [0.3, 0.4) is 0 Å². The zero-order valence-electron chi connectivity index (χ0n) is 14.4. The van der Waals surface area contributed by atoms with E-state index >= 15 is 0 Å². The van der Waals surface area contributed by atoms with E-state index in [9.17, 15) is 0 Å². The van der Waals surface area contributed by atoms with Crippen molar-refractivity contribution in [3.8, 4) is 0 Å². The fourth-order valence-corrected chi connectivity index (χ4v) is 3.72. The van der Waals surface area contributed by atoms with Crippen LogP contribution in [0.4, 0.5) is 11.4 Å². The van der Waals surface area contributed by atoms with Crippen LogP contribution in [0, 0.1) is 6.92 Å². The van der Waals surface area contributed by atoms with E-state index in [1.807, 2.05) is 6.07 Å². The number of ether oxygens (including phenoxy) is 1. The molecule has 1 aromatic carbocycles. The molecule has 2 aliphatic heterocycles. The predicted octanol–water partition coefficient (Wildman–Crippen LogP) is -0.583. The maximum absolute atomic E-state index is 6.15. The summed E-state index contributed by atoms with van der Waals surface area (Å²) in [6.07, 6.45) is 4.27. The van der Waals surface area contributed by atoms with Crippen LogP contribution in [0.1, 0.15) is 24.8 Å². The molecule has 0 spiro atoms. The van der Waals surface area contributed by atoms with Gasteiger partial charge in [0.15, 0.2) is 0 Å². The van der Waals surface area contributed by atoms with Crippen LogP contribution >= 0.6 is 0 Å². The lowest BCUT2D eigenvalue weighted by Gasteiger charge is -2.29. The number of aryl methyl sites for hydroxylation is 1. The Morgan fingerprint density at radius 3 is 2.74 bits per heavy atom. The molecule has 0 aromatic heterocycles. The SMILES string of the molecule is Cc1cc(N2CCC(OCC[N+]3(C)CCCC3)C2)ccc1N.[Cl-]. The number of hydrogen-bond donors (Lipinski definition) is 1. The van der Waals surface area contributed by atoms with E-state index in [1.165, 1.54) is 36.1 Å². The third-order valence-corrected chi connectivity index (χ3v) is 5.39. The van der Waals surface area contributed by atoms with Crippen LogP contribution in [0.2, 0.25) is 0 Å². The Bertz CT molecular complexity index is 517. The van der Waals surface area contributed by atoms with Gasteiger partial charge in [0, 0.05) is 37.3 Å². The first-order chi connectivity index (χ1) is 10.6. The summed E-state index contributed by atoms with van der Waals surface area (Å²) in [5.74, 6) is 0. The highest BCUT2D eigenvalue weighted by Crippen LogP contribution is 2.25. The number of halogens is 1. The van der Waals surface area contributed by atoms with Crippen molar-refractivity contribution >= 4 is 11.4 Å². The number of rotatable bonds is 5. The zero-order valence-corrected chi connectivity index (χ0v) is 15.2. The van der Waals surface area contributed by atoms with Gasteiger partial charge < -0.3 is 32.3 Å². The Kier molecular flexibility index (Phi) is 6.18. The maximum Gasteiger partial charge on any atom is 0.102 e. The molecule has 0 radical (unpaired) electrons. The van der Waals surface area contributed by atoms with Crippen molar-refractivity contribution in [3.63, 3.8) is 0 Å². The molecule has 0 amide bonds. The number of benzene rings is 1. The summed E-state index contributed by atoms with van der Waals surface area (Å²) >= 11 is 0. The highest BCUT2D eigenvalue weighted by Gasteiger charge is 2.28. The topological polar surface area (TPSA) is 38.5 Å². The van der Waals surface area contributed by atoms with Crippen LogP contribution in [-0.4, -0.2) is 57.0 Å². The molecular formula is C18H30ClN3O. The van der Waals surface area contributed by atoms with Crippen molar-refractivity contribution in [2.24, 2.45) is 0 Å². The molecule has 1 atom stereocenters. The third kappa shape index (κ3) is 4.52. The molecule has 1 unspecified atom stereocenters. The van der Waals surface area contributed by atoms with Gasteiger partial charge in [-0.3, -0.25) is 0 Å². The monoisotopic (exact) mass is 339 g/mol. The Morgan fingerprint density at radius 2 is 2.04 bits per heavy atom. The van der Waals surface area contributed by atoms with Crippen LogP contribution in [0.25, 0.3) is 0 Å². The van der Waals surface area contributed by atoms with Gasteiger partial charge in [0.05, 0.1) is 32.8 Å². The first kappa shape index (κ1) is 18.4. The maximum atomic E-state index is 6.15. The van der Waals surface area contributed by atoms with E-state index in [4.69, 9.17) is 10.5 Å². The second-order valence-electron chi connectivity index (χ2n) is 7.27. The van der Waals surface area contributed by atoms with Gasteiger partial charge in [0.25, 0.3) is 0 Å².